The van der Waals surface area contributed by atoms with Crippen molar-refractivity contribution in [1.29, 1.82) is 0 Å². The minimum Gasteiger partial charge on any atom is -0.465 e. The van der Waals surface area contributed by atoms with Crippen LogP contribution in [-0.2, 0) is 4.74 Å². The van der Waals surface area contributed by atoms with Gasteiger partial charge in [0.25, 0.3) is 0 Å². The number of hydrogen-bond acceptors (Lipinski definition) is 6. The molecule has 1 N–H and O–H groups in total. The zero-order chi connectivity index (χ0) is 17.8. The minimum atomic E-state index is -0.604. The number of anilines is 1. The Kier molecular flexibility index (Phi) is 4.76. The van der Waals surface area contributed by atoms with E-state index in [1.807, 2.05) is 0 Å². The van der Waals surface area contributed by atoms with Crippen LogP contribution in [0.4, 0.5) is 5.69 Å². The van der Waals surface area contributed by atoms with Gasteiger partial charge in [-0.15, -0.1) is 10.2 Å². The Morgan fingerprint density at radius 3 is 2.68 bits per heavy atom. The van der Waals surface area contributed by atoms with Crippen LogP contribution in [0.5, 0.6) is 0 Å². The summed E-state index contributed by atoms with van der Waals surface area (Å²) in [5, 5.41) is 10.6. The van der Waals surface area contributed by atoms with Crippen molar-refractivity contribution in [3.63, 3.8) is 0 Å². The molecule has 25 heavy (non-hydrogen) atoms. The number of carbonyl (C=O) groups is 2. The molecule has 126 valence electrons. The number of hydrogen-bond donors (Lipinski definition) is 1. The normalized spacial score (nSPS) is 10.3. The van der Waals surface area contributed by atoms with Crippen LogP contribution in [-0.4, -0.2) is 29.2 Å². The Hall–Kier alpha value is -3.19. The first-order valence-corrected chi connectivity index (χ1v) is 7.54. The smallest absolute Gasteiger partial charge is 0.337 e. The first-order chi connectivity index (χ1) is 12.1. The lowest BCUT2D eigenvalue weighted by Gasteiger charge is -2.04. The maximum atomic E-state index is 12.2. The van der Waals surface area contributed by atoms with E-state index >= 15 is 0 Å². The minimum absolute atomic E-state index is 0.138. The van der Waals surface area contributed by atoms with Gasteiger partial charge in [-0.3, -0.25) is 4.79 Å². The molecule has 0 aliphatic heterocycles. The Morgan fingerprint density at radius 1 is 1.12 bits per heavy atom. The number of aromatic nitrogens is 2. The summed E-state index contributed by atoms with van der Waals surface area (Å²) < 4.78 is 10.0. The standard InChI is InChI=1S/C17H12ClN3O4/c1-24-17(23)10-5-4-6-11(9-10)19-14(22)16-21-20-15(25-16)12-7-2-3-8-13(12)18/h2-9H,1H3,(H,19,22). The van der Waals surface area contributed by atoms with Crippen molar-refractivity contribution in [3.05, 3.63) is 65.0 Å². The molecule has 1 aromatic heterocycles. The largest absolute Gasteiger partial charge is 0.465 e. The van der Waals surface area contributed by atoms with Gasteiger partial charge in [-0.05, 0) is 30.3 Å². The lowest BCUT2D eigenvalue weighted by atomic mass is 10.2. The van der Waals surface area contributed by atoms with Crippen LogP contribution in [0.3, 0.4) is 0 Å². The van der Waals surface area contributed by atoms with E-state index in [0.29, 0.717) is 21.8 Å². The summed E-state index contributed by atoms with van der Waals surface area (Å²) in [5.41, 5.74) is 1.23. The molecule has 1 heterocycles. The number of ether oxygens (including phenoxy) is 1. The number of carbonyl (C=O) groups excluding carboxylic acids is 2. The van der Waals surface area contributed by atoms with E-state index in [-0.39, 0.29) is 11.8 Å². The Bertz CT molecular complexity index is 939. The molecule has 3 rings (SSSR count). The fourth-order valence-corrected chi connectivity index (χ4v) is 2.30. The van der Waals surface area contributed by atoms with Crippen molar-refractivity contribution >= 4 is 29.2 Å². The van der Waals surface area contributed by atoms with E-state index < -0.39 is 11.9 Å². The quantitative estimate of drug-likeness (QED) is 0.719. The third-order valence-corrected chi connectivity index (χ3v) is 3.59. The van der Waals surface area contributed by atoms with Crippen LogP contribution in [0.2, 0.25) is 5.02 Å². The lowest BCUT2D eigenvalue weighted by molar-refractivity contribution is 0.0600. The van der Waals surface area contributed by atoms with Gasteiger partial charge in [0.2, 0.25) is 5.89 Å². The van der Waals surface area contributed by atoms with Crippen LogP contribution in [0.15, 0.2) is 52.9 Å². The number of methoxy groups -OCH3 is 1. The second kappa shape index (κ2) is 7.14. The van der Waals surface area contributed by atoms with Gasteiger partial charge in [0.1, 0.15) is 0 Å². The molecule has 0 fully saturated rings. The summed E-state index contributed by atoms with van der Waals surface area (Å²) in [4.78, 5) is 23.8. The highest BCUT2D eigenvalue weighted by Gasteiger charge is 2.18. The number of amides is 1. The first kappa shape index (κ1) is 16.7. The van der Waals surface area contributed by atoms with Crippen LogP contribution in [0.25, 0.3) is 11.5 Å². The van der Waals surface area contributed by atoms with Gasteiger partial charge in [0.15, 0.2) is 0 Å². The maximum Gasteiger partial charge on any atom is 0.337 e. The second-order valence-corrected chi connectivity index (χ2v) is 5.33. The predicted octanol–water partition coefficient (Wildman–Crippen LogP) is 3.43. The van der Waals surface area contributed by atoms with Gasteiger partial charge < -0.3 is 14.5 Å². The molecular weight excluding hydrogens is 346 g/mol. The summed E-state index contributed by atoms with van der Waals surface area (Å²) >= 11 is 6.07. The Balaban J connectivity index is 1.79. The van der Waals surface area contributed by atoms with Crippen molar-refractivity contribution in [1.82, 2.24) is 10.2 Å². The second-order valence-electron chi connectivity index (χ2n) is 4.92. The molecule has 0 atom stereocenters. The van der Waals surface area contributed by atoms with Crippen LogP contribution >= 0.6 is 11.6 Å². The number of benzene rings is 2. The van der Waals surface area contributed by atoms with Gasteiger partial charge in [-0.1, -0.05) is 29.8 Å². The average Bonchev–Trinajstić information content (AvgIpc) is 3.11. The number of esters is 1. The molecule has 0 saturated heterocycles. The fraction of sp³-hybridized carbons (Fsp3) is 0.0588. The van der Waals surface area contributed by atoms with E-state index in [9.17, 15) is 9.59 Å². The van der Waals surface area contributed by atoms with E-state index in [0.717, 1.165) is 0 Å². The third-order valence-electron chi connectivity index (χ3n) is 3.27. The van der Waals surface area contributed by atoms with Gasteiger partial charge in [-0.2, -0.15) is 0 Å². The zero-order valence-electron chi connectivity index (χ0n) is 13.0. The average molecular weight is 358 g/mol. The van der Waals surface area contributed by atoms with Crippen molar-refractivity contribution < 1.29 is 18.7 Å². The molecule has 0 bridgehead atoms. The zero-order valence-corrected chi connectivity index (χ0v) is 13.8. The van der Waals surface area contributed by atoms with Crippen LogP contribution in [0.1, 0.15) is 21.0 Å². The molecule has 0 radical (unpaired) electrons. The molecule has 7 nitrogen and oxygen atoms in total. The lowest BCUT2D eigenvalue weighted by Crippen LogP contribution is -2.13. The van der Waals surface area contributed by atoms with Gasteiger partial charge >= 0.3 is 17.8 Å². The molecule has 0 aliphatic carbocycles. The molecule has 1 amide bonds. The van der Waals surface area contributed by atoms with Crippen LogP contribution in [0, 0.1) is 0 Å². The highest BCUT2D eigenvalue weighted by molar-refractivity contribution is 6.33. The SMILES string of the molecule is COC(=O)c1cccc(NC(=O)c2nnc(-c3ccccc3Cl)o2)c1. The van der Waals surface area contributed by atoms with E-state index in [2.05, 4.69) is 20.3 Å². The van der Waals surface area contributed by atoms with E-state index in [1.165, 1.54) is 13.2 Å². The van der Waals surface area contributed by atoms with Crippen molar-refractivity contribution in [2.24, 2.45) is 0 Å². The van der Waals surface area contributed by atoms with Crippen molar-refractivity contribution in [3.8, 4) is 11.5 Å². The molecule has 0 aliphatic rings. The molecular formula is C17H12ClN3O4. The number of nitrogens with zero attached hydrogens (tertiary/aromatic N) is 2. The topological polar surface area (TPSA) is 94.3 Å². The number of halogens is 1. The van der Waals surface area contributed by atoms with Crippen molar-refractivity contribution in [2.45, 2.75) is 0 Å². The molecule has 0 spiro atoms. The molecule has 8 heteroatoms. The summed E-state index contributed by atoms with van der Waals surface area (Å²) in [6.07, 6.45) is 0. The first-order valence-electron chi connectivity index (χ1n) is 7.16. The number of nitrogens with one attached hydrogen (secondary N) is 1. The highest BCUT2D eigenvalue weighted by Crippen LogP contribution is 2.26. The van der Waals surface area contributed by atoms with E-state index in [4.69, 9.17) is 16.0 Å². The molecule has 2 aromatic carbocycles. The van der Waals surface area contributed by atoms with Gasteiger partial charge in [0.05, 0.1) is 23.3 Å². The Morgan fingerprint density at radius 2 is 1.92 bits per heavy atom. The summed E-state index contributed by atoms with van der Waals surface area (Å²) in [7, 11) is 1.28. The monoisotopic (exact) mass is 357 g/mol. The Labute approximate surface area is 147 Å². The van der Waals surface area contributed by atoms with E-state index in [1.54, 1.807) is 42.5 Å². The molecule has 0 unspecified atom stereocenters. The highest BCUT2D eigenvalue weighted by atomic mass is 35.5. The molecule has 3 aromatic rings. The van der Waals surface area contributed by atoms with Gasteiger partial charge in [-0.25, -0.2) is 4.79 Å². The maximum absolute atomic E-state index is 12.2. The van der Waals surface area contributed by atoms with Crippen LogP contribution < -0.4 is 5.32 Å². The van der Waals surface area contributed by atoms with Gasteiger partial charge in [0, 0.05) is 5.69 Å². The summed E-state index contributed by atoms with van der Waals surface area (Å²) in [5.74, 6) is -1.19. The summed E-state index contributed by atoms with van der Waals surface area (Å²) in [6, 6.07) is 13.2. The third kappa shape index (κ3) is 3.67. The van der Waals surface area contributed by atoms with Crippen molar-refractivity contribution in [2.75, 3.05) is 12.4 Å². The summed E-state index contributed by atoms with van der Waals surface area (Å²) in [6.45, 7) is 0. The molecule has 0 saturated carbocycles. The fourth-order valence-electron chi connectivity index (χ4n) is 2.08. The predicted molar refractivity (Wildman–Crippen MR) is 90.5 cm³/mol. The number of rotatable bonds is 4.